The van der Waals surface area contributed by atoms with Crippen molar-refractivity contribution >= 4 is 33.5 Å². The van der Waals surface area contributed by atoms with Gasteiger partial charge in [0.2, 0.25) is 10.0 Å². The van der Waals surface area contributed by atoms with Crippen LogP contribution in [0, 0.1) is 6.92 Å². The van der Waals surface area contributed by atoms with Crippen molar-refractivity contribution in [2.24, 2.45) is 0 Å². The molecule has 0 spiro atoms. The van der Waals surface area contributed by atoms with Gasteiger partial charge < -0.3 is 0 Å². The van der Waals surface area contributed by atoms with Gasteiger partial charge >= 0.3 is 0 Å². The van der Waals surface area contributed by atoms with Gasteiger partial charge in [0.05, 0.1) is 4.90 Å². The molecule has 0 saturated heterocycles. The Balaban J connectivity index is 2.73. The van der Waals surface area contributed by atoms with Crippen molar-refractivity contribution in [3.8, 4) is 0 Å². The van der Waals surface area contributed by atoms with E-state index in [9.17, 15) is 8.42 Å². The van der Waals surface area contributed by atoms with Gasteiger partial charge in [0.25, 0.3) is 0 Å². The number of hydrogen-bond acceptors (Lipinski definition) is 4. The number of rotatable bonds is 11. The van der Waals surface area contributed by atoms with Crippen molar-refractivity contribution in [1.29, 1.82) is 0 Å². The van der Waals surface area contributed by atoms with Crippen molar-refractivity contribution in [3.05, 3.63) is 55.1 Å². The van der Waals surface area contributed by atoms with Gasteiger partial charge in [0.1, 0.15) is 0 Å². The van der Waals surface area contributed by atoms with Gasteiger partial charge in [0.15, 0.2) is 0 Å². The van der Waals surface area contributed by atoms with Gasteiger partial charge in [-0.2, -0.15) is 23.5 Å². The summed E-state index contributed by atoms with van der Waals surface area (Å²) in [6, 6.07) is 6.79. The van der Waals surface area contributed by atoms with E-state index in [2.05, 4.69) is 17.9 Å². The first-order valence-corrected chi connectivity index (χ1v) is 10.7. The molecule has 1 aromatic rings. The normalized spacial score (nSPS) is 11.5. The fourth-order valence-electron chi connectivity index (χ4n) is 1.71. The van der Waals surface area contributed by atoms with E-state index in [1.807, 2.05) is 31.2 Å². The minimum atomic E-state index is -3.48. The van der Waals surface area contributed by atoms with Gasteiger partial charge in [-0.1, -0.05) is 29.8 Å². The van der Waals surface area contributed by atoms with Crippen LogP contribution in [0.5, 0.6) is 0 Å². The molecule has 1 aromatic carbocycles. The third-order valence-corrected chi connectivity index (χ3v) is 6.52. The maximum absolute atomic E-state index is 12.4. The summed E-state index contributed by atoms with van der Waals surface area (Å²) in [5, 5.41) is 0. The SMILES string of the molecule is C=CCSCC(CSCC=C)NS(=O)(=O)c1ccc(C)cc1. The van der Waals surface area contributed by atoms with E-state index < -0.39 is 10.0 Å². The molecule has 122 valence electrons. The van der Waals surface area contributed by atoms with Gasteiger partial charge in [-0.05, 0) is 19.1 Å². The first kappa shape index (κ1) is 19.4. The Morgan fingerprint density at radius 1 is 1.09 bits per heavy atom. The Kier molecular flexibility index (Phi) is 8.93. The highest BCUT2D eigenvalue weighted by atomic mass is 32.2. The number of thioether (sulfide) groups is 2. The predicted molar refractivity (Wildman–Crippen MR) is 100 cm³/mol. The predicted octanol–water partition coefficient (Wildman–Crippen LogP) is 3.48. The number of hydrogen-bond donors (Lipinski definition) is 1. The molecule has 0 amide bonds. The van der Waals surface area contributed by atoms with Crippen LogP contribution in [0.4, 0.5) is 0 Å². The quantitative estimate of drug-likeness (QED) is 0.486. The van der Waals surface area contributed by atoms with Crippen LogP contribution in [0.25, 0.3) is 0 Å². The van der Waals surface area contributed by atoms with Crippen LogP contribution in [0.2, 0.25) is 0 Å². The van der Waals surface area contributed by atoms with Crippen molar-refractivity contribution in [2.75, 3.05) is 23.0 Å². The molecule has 0 aliphatic carbocycles. The van der Waals surface area contributed by atoms with E-state index in [4.69, 9.17) is 0 Å². The lowest BCUT2D eigenvalue weighted by atomic mass is 10.2. The summed E-state index contributed by atoms with van der Waals surface area (Å²) in [5.41, 5.74) is 1.04. The standard InChI is InChI=1S/C16H23NO2S3/c1-4-10-20-12-15(13-21-11-5-2)17-22(18,19)16-8-6-14(3)7-9-16/h4-9,15,17H,1-2,10-13H2,3H3. The molecular formula is C16H23NO2S3. The average Bonchev–Trinajstić information content (AvgIpc) is 2.47. The van der Waals surface area contributed by atoms with Gasteiger partial charge in [-0.25, -0.2) is 13.1 Å². The second-order valence-corrected chi connectivity index (χ2v) is 8.65. The molecule has 0 unspecified atom stereocenters. The van der Waals surface area contributed by atoms with Gasteiger partial charge in [0, 0.05) is 29.1 Å². The number of benzene rings is 1. The molecule has 0 bridgehead atoms. The Labute approximate surface area is 142 Å². The van der Waals surface area contributed by atoms with Crippen LogP contribution in [-0.2, 0) is 10.0 Å². The molecule has 1 rings (SSSR count). The lowest BCUT2D eigenvalue weighted by Crippen LogP contribution is -2.38. The zero-order chi connectivity index (χ0) is 16.4. The highest BCUT2D eigenvalue weighted by Gasteiger charge is 2.19. The molecule has 1 N–H and O–H groups in total. The van der Waals surface area contributed by atoms with Gasteiger partial charge in [-0.15, -0.1) is 13.2 Å². The molecule has 0 aliphatic heterocycles. The van der Waals surface area contributed by atoms with E-state index in [-0.39, 0.29) is 6.04 Å². The van der Waals surface area contributed by atoms with E-state index >= 15 is 0 Å². The Bertz CT molecular complexity index is 554. The first-order chi connectivity index (χ1) is 10.5. The van der Waals surface area contributed by atoms with Crippen LogP contribution in [0.15, 0.2) is 54.5 Å². The van der Waals surface area contributed by atoms with Crippen LogP contribution < -0.4 is 4.72 Å². The number of sulfonamides is 1. The lowest BCUT2D eigenvalue weighted by Gasteiger charge is -2.18. The first-order valence-electron chi connectivity index (χ1n) is 6.96. The molecule has 0 aliphatic rings. The summed E-state index contributed by atoms with van der Waals surface area (Å²) in [6.07, 6.45) is 3.65. The molecule has 3 nitrogen and oxygen atoms in total. The summed E-state index contributed by atoms with van der Waals surface area (Å²) in [5.74, 6) is 3.08. The smallest absolute Gasteiger partial charge is 0.207 e. The second kappa shape index (κ2) is 10.2. The molecule has 0 atom stereocenters. The fraction of sp³-hybridized carbons (Fsp3) is 0.375. The third kappa shape index (κ3) is 7.05. The van der Waals surface area contributed by atoms with Crippen molar-refractivity contribution in [3.63, 3.8) is 0 Å². The van der Waals surface area contributed by atoms with Crippen molar-refractivity contribution in [1.82, 2.24) is 4.72 Å². The Hall–Kier alpha value is -0.690. The number of nitrogens with one attached hydrogen (secondary N) is 1. The van der Waals surface area contributed by atoms with Crippen molar-refractivity contribution in [2.45, 2.75) is 17.9 Å². The highest BCUT2D eigenvalue weighted by Crippen LogP contribution is 2.15. The molecule has 0 heterocycles. The molecule has 0 aromatic heterocycles. The summed E-state index contributed by atoms with van der Waals surface area (Å²) in [4.78, 5) is 0.311. The van der Waals surface area contributed by atoms with E-state index in [1.165, 1.54) is 0 Å². The van der Waals surface area contributed by atoms with Crippen LogP contribution in [0.3, 0.4) is 0 Å². The highest BCUT2D eigenvalue weighted by molar-refractivity contribution is 8.00. The van der Waals surface area contributed by atoms with Crippen LogP contribution in [-0.4, -0.2) is 37.5 Å². The number of aryl methyl sites for hydroxylation is 1. The molecule has 22 heavy (non-hydrogen) atoms. The Morgan fingerprint density at radius 3 is 2.05 bits per heavy atom. The summed E-state index contributed by atoms with van der Waals surface area (Å²) in [6.45, 7) is 9.31. The maximum atomic E-state index is 12.4. The van der Waals surface area contributed by atoms with E-state index in [1.54, 1.807) is 35.7 Å². The largest absolute Gasteiger partial charge is 0.240 e. The van der Waals surface area contributed by atoms with Crippen LogP contribution >= 0.6 is 23.5 Å². The Morgan fingerprint density at radius 2 is 1.59 bits per heavy atom. The molecule has 6 heteroatoms. The van der Waals surface area contributed by atoms with E-state index in [0.717, 1.165) is 28.6 Å². The zero-order valence-corrected chi connectivity index (χ0v) is 15.3. The lowest BCUT2D eigenvalue weighted by molar-refractivity contribution is 0.572. The van der Waals surface area contributed by atoms with Gasteiger partial charge in [-0.3, -0.25) is 0 Å². The summed E-state index contributed by atoms with van der Waals surface area (Å²) in [7, 11) is -3.48. The fourth-order valence-corrected chi connectivity index (χ4v) is 4.88. The molecule has 0 fully saturated rings. The zero-order valence-electron chi connectivity index (χ0n) is 12.8. The second-order valence-electron chi connectivity index (χ2n) is 4.78. The maximum Gasteiger partial charge on any atom is 0.240 e. The average molecular weight is 358 g/mol. The summed E-state index contributed by atoms with van der Waals surface area (Å²) >= 11 is 3.35. The van der Waals surface area contributed by atoms with Crippen molar-refractivity contribution < 1.29 is 8.42 Å². The molecule has 0 radical (unpaired) electrons. The minimum absolute atomic E-state index is 0.110. The molecule has 0 saturated carbocycles. The van der Waals surface area contributed by atoms with E-state index in [0.29, 0.717) is 4.90 Å². The molecular weight excluding hydrogens is 334 g/mol. The van der Waals surface area contributed by atoms with Crippen LogP contribution in [0.1, 0.15) is 5.56 Å². The third-order valence-electron chi connectivity index (χ3n) is 2.76. The monoisotopic (exact) mass is 357 g/mol. The summed E-state index contributed by atoms with van der Waals surface area (Å²) < 4.78 is 27.7. The minimum Gasteiger partial charge on any atom is -0.207 e. The topological polar surface area (TPSA) is 46.2 Å².